The lowest BCUT2D eigenvalue weighted by molar-refractivity contribution is 0.242. The highest BCUT2D eigenvalue weighted by Crippen LogP contribution is 2.14. The van der Waals surface area contributed by atoms with Crippen molar-refractivity contribution in [2.24, 2.45) is 0 Å². The molecule has 2 aromatic rings. The summed E-state index contributed by atoms with van der Waals surface area (Å²) in [5, 5.41) is 7.11. The van der Waals surface area contributed by atoms with Crippen molar-refractivity contribution in [2.75, 3.05) is 11.9 Å². The zero-order valence-corrected chi connectivity index (χ0v) is 15.5. The molecule has 0 unspecified atom stereocenters. The summed E-state index contributed by atoms with van der Waals surface area (Å²) in [6.45, 7) is 6.99. The van der Waals surface area contributed by atoms with E-state index < -0.39 is 0 Å². The molecule has 0 radical (unpaired) electrons. The van der Waals surface area contributed by atoms with Crippen LogP contribution in [0.4, 0.5) is 5.69 Å². The minimum atomic E-state index is 0.210. The Kier molecular flexibility index (Phi) is 7.07. The number of aryl methyl sites for hydroxylation is 2. The Hall–Kier alpha value is -2.07. The van der Waals surface area contributed by atoms with E-state index in [0.29, 0.717) is 5.11 Å². The third-order valence-electron chi connectivity index (χ3n) is 3.53. The van der Waals surface area contributed by atoms with Crippen LogP contribution in [0.1, 0.15) is 31.4 Å². The van der Waals surface area contributed by atoms with Crippen LogP contribution in [-0.4, -0.2) is 17.8 Å². The standard InChI is InChI=1S/C20H26N2OS/c1-15(2)23-19-12-8-17(9-13-19)5-4-14-21-20(24)22-18-10-6-16(3)7-11-18/h6-13,15H,4-5,14H2,1-3H3,(H2,21,22,24). The molecule has 0 aliphatic carbocycles. The third kappa shape index (κ3) is 6.59. The lowest BCUT2D eigenvalue weighted by Gasteiger charge is -2.11. The van der Waals surface area contributed by atoms with Gasteiger partial charge in [-0.05, 0) is 75.7 Å². The predicted molar refractivity (Wildman–Crippen MR) is 106 cm³/mol. The van der Waals surface area contributed by atoms with Crippen LogP contribution in [0.3, 0.4) is 0 Å². The number of nitrogens with one attached hydrogen (secondary N) is 2. The maximum atomic E-state index is 5.65. The van der Waals surface area contributed by atoms with Crippen molar-refractivity contribution in [3.63, 3.8) is 0 Å². The van der Waals surface area contributed by atoms with Crippen molar-refractivity contribution in [1.82, 2.24) is 5.32 Å². The van der Waals surface area contributed by atoms with Crippen LogP contribution in [0.5, 0.6) is 5.75 Å². The molecular weight excluding hydrogens is 316 g/mol. The number of rotatable bonds is 7. The number of benzene rings is 2. The van der Waals surface area contributed by atoms with E-state index in [9.17, 15) is 0 Å². The molecule has 128 valence electrons. The fourth-order valence-electron chi connectivity index (χ4n) is 2.31. The maximum Gasteiger partial charge on any atom is 0.170 e. The average Bonchev–Trinajstić information content (AvgIpc) is 2.55. The van der Waals surface area contributed by atoms with Gasteiger partial charge in [-0.2, -0.15) is 0 Å². The van der Waals surface area contributed by atoms with E-state index in [-0.39, 0.29) is 6.10 Å². The molecule has 0 aliphatic heterocycles. The lowest BCUT2D eigenvalue weighted by atomic mass is 10.1. The largest absolute Gasteiger partial charge is 0.491 e. The van der Waals surface area contributed by atoms with Crippen molar-refractivity contribution in [3.8, 4) is 5.75 Å². The number of thiocarbonyl (C=S) groups is 1. The first-order chi connectivity index (χ1) is 11.5. The molecule has 0 aromatic heterocycles. The first kappa shape index (κ1) is 18.3. The highest BCUT2D eigenvalue weighted by atomic mass is 32.1. The Bertz CT molecular complexity index is 636. The zero-order valence-electron chi connectivity index (χ0n) is 14.6. The minimum absolute atomic E-state index is 0.210. The van der Waals surface area contributed by atoms with Gasteiger partial charge in [-0.3, -0.25) is 0 Å². The third-order valence-corrected chi connectivity index (χ3v) is 3.78. The average molecular weight is 343 g/mol. The lowest BCUT2D eigenvalue weighted by Crippen LogP contribution is -2.29. The maximum absolute atomic E-state index is 5.65. The molecule has 2 rings (SSSR count). The Balaban J connectivity index is 1.66. The van der Waals surface area contributed by atoms with Gasteiger partial charge in [-0.25, -0.2) is 0 Å². The fourth-order valence-corrected chi connectivity index (χ4v) is 2.53. The Morgan fingerprint density at radius 1 is 1.04 bits per heavy atom. The van der Waals surface area contributed by atoms with E-state index in [2.05, 4.69) is 41.8 Å². The monoisotopic (exact) mass is 342 g/mol. The quantitative estimate of drug-likeness (QED) is 0.564. The number of anilines is 1. The van der Waals surface area contributed by atoms with Crippen molar-refractivity contribution in [1.29, 1.82) is 0 Å². The molecule has 0 heterocycles. The molecule has 0 aliphatic rings. The van der Waals surface area contributed by atoms with Crippen LogP contribution in [0.15, 0.2) is 48.5 Å². The molecule has 4 heteroatoms. The van der Waals surface area contributed by atoms with Gasteiger partial charge in [0.05, 0.1) is 6.10 Å². The summed E-state index contributed by atoms with van der Waals surface area (Å²) in [5.41, 5.74) is 3.56. The second kappa shape index (κ2) is 9.28. The van der Waals surface area contributed by atoms with Crippen molar-refractivity contribution >= 4 is 23.0 Å². The van der Waals surface area contributed by atoms with E-state index in [1.165, 1.54) is 11.1 Å². The van der Waals surface area contributed by atoms with E-state index in [0.717, 1.165) is 30.8 Å². The van der Waals surface area contributed by atoms with Gasteiger partial charge in [0.1, 0.15) is 5.75 Å². The molecule has 0 fully saturated rings. The normalized spacial score (nSPS) is 10.5. The minimum Gasteiger partial charge on any atom is -0.491 e. The van der Waals surface area contributed by atoms with Gasteiger partial charge >= 0.3 is 0 Å². The summed E-state index contributed by atoms with van der Waals surface area (Å²) in [7, 11) is 0. The summed E-state index contributed by atoms with van der Waals surface area (Å²) in [6.07, 6.45) is 2.25. The molecular formula is C20H26N2OS. The summed E-state index contributed by atoms with van der Waals surface area (Å²) < 4.78 is 5.65. The van der Waals surface area contributed by atoms with Crippen LogP contribution in [0, 0.1) is 6.92 Å². The van der Waals surface area contributed by atoms with Crippen LogP contribution in [-0.2, 0) is 6.42 Å². The summed E-state index contributed by atoms with van der Waals surface area (Å²) in [5.74, 6) is 0.926. The number of hydrogen-bond donors (Lipinski definition) is 2. The Morgan fingerprint density at radius 2 is 1.71 bits per heavy atom. The van der Waals surface area contributed by atoms with Gasteiger partial charge in [0.2, 0.25) is 0 Å². The van der Waals surface area contributed by atoms with Gasteiger partial charge in [0.25, 0.3) is 0 Å². The molecule has 3 nitrogen and oxygen atoms in total. The summed E-state index contributed by atoms with van der Waals surface area (Å²) in [6, 6.07) is 16.5. The fraction of sp³-hybridized carbons (Fsp3) is 0.350. The highest BCUT2D eigenvalue weighted by molar-refractivity contribution is 7.80. The van der Waals surface area contributed by atoms with Crippen LogP contribution < -0.4 is 15.4 Å². The van der Waals surface area contributed by atoms with Crippen LogP contribution in [0.25, 0.3) is 0 Å². The topological polar surface area (TPSA) is 33.3 Å². The molecule has 2 aromatic carbocycles. The van der Waals surface area contributed by atoms with Gasteiger partial charge < -0.3 is 15.4 Å². The Labute approximate surface area is 150 Å². The van der Waals surface area contributed by atoms with Crippen molar-refractivity contribution in [3.05, 3.63) is 59.7 Å². The SMILES string of the molecule is Cc1ccc(NC(=S)NCCCc2ccc(OC(C)C)cc2)cc1. The second-order valence-corrected chi connectivity index (χ2v) is 6.57. The smallest absolute Gasteiger partial charge is 0.170 e. The highest BCUT2D eigenvalue weighted by Gasteiger charge is 2.00. The second-order valence-electron chi connectivity index (χ2n) is 6.16. The van der Waals surface area contributed by atoms with Gasteiger partial charge in [-0.15, -0.1) is 0 Å². The summed E-state index contributed by atoms with van der Waals surface area (Å²) >= 11 is 5.32. The van der Waals surface area contributed by atoms with E-state index in [4.69, 9.17) is 17.0 Å². The molecule has 0 saturated heterocycles. The number of hydrogen-bond acceptors (Lipinski definition) is 2. The first-order valence-corrected chi connectivity index (χ1v) is 8.81. The predicted octanol–water partition coefficient (Wildman–Crippen LogP) is 4.70. The van der Waals surface area contributed by atoms with Crippen LogP contribution in [0.2, 0.25) is 0 Å². The zero-order chi connectivity index (χ0) is 17.4. The molecule has 0 amide bonds. The molecule has 2 N–H and O–H groups in total. The van der Waals surface area contributed by atoms with Crippen LogP contribution >= 0.6 is 12.2 Å². The molecule has 0 spiro atoms. The molecule has 24 heavy (non-hydrogen) atoms. The van der Waals surface area contributed by atoms with E-state index in [1.54, 1.807) is 0 Å². The number of ether oxygens (including phenoxy) is 1. The van der Waals surface area contributed by atoms with Gasteiger partial charge in [-0.1, -0.05) is 29.8 Å². The first-order valence-electron chi connectivity index (χ1n) is 8.40. The Morgan fingerprint density at radius 3 is 2.33 bits per heavy atom. The van der Waals surface area contributed by atoms with E-state index in [1.807, 2.05) is 38.1 Å². The van der Waals surface area contributed by atoms with Crippen molar-refractivity contribution in [2.45, 2.75) is 39.7 Å². The van der Waals surface area contributed by atoms with Crippen molar-refractivity contribution < 1.29 is 4.74 Å². The molecule has 0 bridgehead atoms. The van der Waals surface area contributed by atoms with Gasteiger partial charge in [0.15, 0.2) is 5.11 Å². The summed E-state index contributed by atoms with van der Waals surface area (Å²) in [4.78, 5) is 0. The molecule has 0 saturated carbocycles. The van der Waals surface area contributed by atoms with Gasteiger partial charge in [0, 0.05) is 12.2 Å². The van der Waals surface area contributed by atoms with E-state index >= 15 is 0 Å². The molecule has 0 atom stereocenters.